The smallest absolute Gasteiger partial charge is 0.397 e. The molecule has 0 bridgehead atoms. The molecule has 3 rings (SSSR count). The van der Waals surface area contributed by atoms with Gasteiger partial charge in [-0.3, -0.25) is 0 Å². The van der Waals surface area contributed by atoms with E-state index in [0.717, 1.165) is 0 Å². The van der Waals surface area contributed by atoms with Gasteiger partial charge in [-0.15, -0.1) is 8.78 Å². The third-order valence-electron chi connectivity index (χ3n) is 2.86. The summed E-state index contributed by atoms with van der Waals surface area (Å²) in [6.07, 6.45) is -3.65. The van der Waals surface area contributed by atoms with E-state index in [2.05, 4.69) is 14.8 Å². The minimum Gasteiger partial charge on any atom is -0.397 e. The fraction of sp³-hybridized carbons (Fsp3) is 0.0714. The van der Waals surface area contributed by atoms with Gasteiger partial charge >= 0.3 is 6.29 Å². The first kappa shape index (κ1) is 13.0. The maximum atomic E-state index is 12.9. The first-order valence-electron chi connectivity index (χ1n) is 5.93. The Morgan fingerprint density at radius 3 is 2.62 bits per heavy atom. The van der Waals surface area contributed by atoms with Crippen LogP contribution in [0.5, 0.6) is 11.5 Å². The SMILES string of the molecule is N#Cc1ccc(N)c(Nc2ccc3c(c2)OC(F)(F)O3)c1. The number of nitrogens with zero attached hydrogens (tertiary/aromatic N) is 1. The van der Waals surface area contributed by atoms with Crippen molar-refractivity contribution in [2.75, 3.05) is 11.1 Å². The van der Waals surface area contributed by atoms with Crippen LogP contribution in [0, 0.1) is 11.3 Å². The summed E-state index contributed by atoms with van der Waals surface area (Å²) < 4.78 is 34.6. The number of benzene rings is 2. The lowest BCUT2D eigenvalue weighted by molar-refractivity contribution is -0.286. The number of nitrogens with two attached hydrogens (primary N) is 1. The molecule has 2 aromatic carbocycles. The molecular weight excluding hydrogens is 280 g/mol. The Morgan fingerprint density at radius 1 is 1.10 bits per heavy atom. The Bertz CT molecular complexity index is 756. The van der Waals surface area contributed by atoms with Crippen molar-refractivity contribution >= 4 is 17.1 Å². The molecule has 0 fully saturated rings. The van der Waals surface area contributed by atoms with Gasteiger partial charge in [0.15, 0.2) is 11.5 Å². The highest BCUT2D eigenvalue weighted by Gasteiger charge is 2.43. The monoisotopic (exact) mass is 289 g/mol. The van der Waals surface area contributed by atoms with Crippen LogP contribution in [-0.2, 0) is 0 Å². The van der Waals surface area contributed by atoms with Crippen molar-refractivity contribution in [1.29, 1.82) is 5.26 Å². The molecule has 3 N–H and O–H groups in total. The van der Waals surface area contributed by atoms with Gasteiger partial charge in [-0.2, -0.15) is 5.26 Å². The third-order valence-corrected chi connectivity index (χ3v) is 2.86. The zero-order valence-corrected chi connectivity index (χ0v) is 10.6. The number of fused-ring (bicyclic) bond motifs is 1. The van der Waals surface area contributed by atoms with Crippen molar-refractivity contribution < 1.29 is 18.3 Å². The highest BCUT2D eigenvalue weighted by molar-refractivity contribution is 5.75. The van der Waals surface area contributed by atoms with Crippen LogP contribution in [0.2, 0.25) is 0 Å². The Hall–Kier alpha value is -3.01. The number of nitrogens with one attached hydrogen (secondary N) is 1. The molecule has 2 aromatic rings. The van der Waals surface area contributed by atoms with Gasteiger partial charge in [-0.05, 0) is 30.3 Å². The molecule has 1 heterocycles. The molecule has 1 aliphatic rings. The van der Waals surface area contributed by atoms with Crippen LogP contribution in [0.1, 0.15) is 5.56 Å². The summed E-state index contributed by atoms with van der Waals surface area (Å²) in [7, 11) is 0. The van der Waals surface area contributed by atoms with E-state index in [1.165, 1.54) is 12.1 Å². The maximum absolute atomic E-state index is 12.9. The molecule has 0 spiro atoms. The number of nitriles is 1. The molecule has 0 aliphatic carbocycles. The molecule has 21 heavy (non-hydrogen) atoms. The summed E-state index contributed by atoms with van der Waals surface area (Å²) in [6.45, 7) is 0. The maximum Gasteiger partial charge on any atom is 0.586 e. The van der Waals surface area contributed by atoms with Gasteiger partial charge in [0.05, 0.1) is 23.0 Å². The van der Waals surface area contributed by atoms with Crippen LogP contribution in [0.25, 0.3) is 0 Å². The summed E-state index contributed by atoms with van der Waals surface area (Å²) in [5.74, 6) is -0.107. The molecule has 0 unspecified atom stereocenters. The minimum atomic E-state index is -3.65. The van der Waals surface area contributed by atoms with Crippen molar-refractivity contribution in [3.63, 3.8) is 0 Å². The van der Waals surface area contributed by atoms with Gasteiger partial charge in [0.2, 0.25) is 0 Å². The van der Waals surface area contributed by atoms with Crippen molar-refractivity contribution in [3.8, 4) is 17.6 Å². The van der Waals surface area contributed by atoms with Gasteiger partial charge in [0, 0.05) is 11.8 Å². The van der Waals surface area contributed by atoms with Gasteiger partial charge in [-0.1, -0.05) is 0 Å². The lowest BCUT2D eigenvalue weighted by Gasteiger charge is -2.10. The first-order chi connectivity index (χ1) is 9.97. The minimum absolute atomic E-state index is 0.0377. The quantitative estimate of drug-likeness (QED) is 0.830. The fourth-order valence-electron chi connectivity index (χ4n) is 1.92. The summed E-state index contributed by atoms with van der Waals surface area (Å²) in [4.78, 5) is 0. The predicted molar refractivity (Wildman–Crippen MR) is 71.5 cm³/mol. The highest BCUT2D eigenvalue weighted by atomic mass is 19.3. The average Bonchev–Trinajstić information content (AvgIpc) is 2.74. The summed E-state index contributed by atoms with van der Waals surface area (Å²) >= 11 is 0. The largest absolute Gasteiger partial charge is 0.586 e. The van der Waals surface area contributed by atoms with Crippen LogP contribution >= 0.6 is 0 Å². The molecule has 0 amide bonds. The van der Waals surface area contributed by atoms with E-state index < -0.39 is 6.29 Å². The average molecular weight is 289 g/mol. The molecule has 0 saturated heterocycles. The van der Waals surface area contributed by atoms with Crippen LogP contribution in [-0.4, -0.2) is 6.29 Å². The Balaban J connectivity index is 1.89. The van der Waals surface area contributed by atoms with E-state index in [-0.39, 0.29) is 11.5 Å². The zero-order chi connectivity index (χ0) is 15.0. The third kappa shape index (κ3) is 2.51. The molecule has 0 saturated carbocycles. The van der Waals surface area contributed by atoms with Crippen LogP contribution in [0.4, 0.5) is 25.8 Å². The van der Waals surface area contributed by atoms with Gasteiger partial charge in [-0.25, -0.2) is 0 Å². The van der Waals surface area contributed by atoms with E-state index in [1.54, 1.807) is 24.3 Å². The number of halogens is 2. The van der Waals surface area contributed by atoms with Crippen LogP contribution in [0.15, 0.2) is 36.4 Å². The van der Waals surface area contributed by atoms with E-state index in [1.807, 2.05) is 6.07 Å². The second kappa shape index (κ2) is 4.52. The number of hydrogen-bond donors (Lipinski definition) is 2. The number of ether oxygens (including phenoxy) is 2. The normalized spacial score (nSPS) is 14.5. The molecular formula is C14H9F2N3O2. The second-order valence-electron chi connectivity index (χ2n) is 4.37. The molecule has 1 aliphatic heterocycles. The van der Waals surface area contributed by atoms with Gasteiger partial charge < -0.3 is 20.5 Å². The molecule has 5 nitrogen and oxygen atoms in total. The van der Waals surface area contributed by atoms with Crippen LogP contribution in [0.3, 0.4) is 0 Å². The van der Waals surface area contributed by atoms with E-state index in [9.17, 15) is 8.78 Å². The number of nitrogen functional groups attached to an aromatic ring is 1. The predicted octanol–water partition coefficient (Wildman–Crippen LogP) is 3.21. The summed E-state index contributed by atoms with van der Waals surface area (Å²) in [5, 5.41) is 11.8. The number of anilines is 3. The van der Waals surface area contributed by atoms with Crippen molar-refractivity contribution in [1.82, 2.24) is 0 Å². The lowest BCUT2D eigenvalue weighted by Crippen LogP contribution is -2.25. The van der Waals surface area contributed by atoms with E-state index in [4.69, 9.17) is 11.0 Å². The van der Waals surface area contributed by atoms with E-state index >= 15 is 0 Å². The first-order valence-corrected chi connectivity index (χ1v) is 5.93. The van der Waals surface area contributed by atoms with Crippen molar-refractivity contribution in [2.24, 2.45) is 0 Å². The highest BCUT2D eigenvalue weighted by Crippen LogP contribution is 2.42. The molecule has 7 heteroatoms. The van der Waals surface area contributed by atoms with Crippen molar-refractivity contribution in [3.05, 3.63) is 42.0 Å². The molecule has 0 radical (unpaired) electrons. The Kier molecular flexibility index (Phi) is 2.80. The standard InChI is InChI=1S/C14H9F2N3O2/c15-14(16)20-12-4-2-9(6-13(12)21-14)19-11-5-8(7-17)1-3-10(11)18/h1-6,19H,18H2. The summed E-state index contributed by atoms with van der Waals surface area (Å²) in [5.41, 5.74) is 7.64. The topological polar surface area (TPSA) is 80.3 Å². The number of hydrogen-bond acceptors (Lipinski definition) is 5. The molecule has 0 atom stereocenters. The van der Waals surface area contributed by atoms with E-state index in [0.29, 0.717) is 22.6 Å². The molecule has 0 aromatic heterocycles. The second-order valence-corrected chi connectivity index (χ2v) is 4.37. The zero-order valence-electron chi connectivity index (χ0n) is 10.6. The Labute approximate surface area is 118 Å². The Morgan fingerprint density at radius 2 is 1.86 bits per heavy atom. The van der Waals surface area contributed by atoms with Crippen molar-refractivity contribution in [2.45, 2.75) is 6.29 Å². The fourth-order valence-corrected chi connectivity index (χ4v) is 1.92. The van der Waals surface area contributed by atoms with Gasteiger partial charge in [0.25, 0.3) is 0 Å². The lowest BCUT2D eigenvalue weighted by atomic mass is 10.2. The number of alkyl halides is 2. The summed E-state index contributed by atoms with van der Waals surface area (Å²) in [6, 6.07) is 11.0. The van der Waals surface area contributed by atoms with Crippen LogP contribution < -0.4 is 20.5 Å². The number of rotatable bonds is 2. The molecule has 106 valence electrons. The van der Waals surface area contributed by atoms with Gasteiger partial charge in [0.1, 0.15) is 0 Å².